The maximum Gasteiger partial charge on any atom is 0.260 e. The first-order valence-electron chi connectivity index (χ1n) is 6.79. The zero-order valence-corrected chi connectivity index (χ0v) is 11.1. The van der Waals surface area contributed by atoms with Crippen LogP contribution in [0.5, 0.6) is 5.75 Å². The molecule has 1 spiro atoms. The van der Waals surface area contributed by atoms with E-state index >= 15 is 0 Å². The van der Waals surface area contributed by atoms with Crippen LogP contribution >= 0.6 is 0 Å². The van der Waals surface area contributed by atoms with Crippen molar-refractivity contribution in [2.45, 2.75) is 32.6 Å². The molecule has 1 aromatic rings. The molecule has 2 fully saturated rings. The number of likely N-dealkylation sites (tertiary alicyclic amines) is 1. The molecular weight excluding hydrogens is 245 g/mol. The third-order valence-electron chi connectivity index (χ3n) is 4.57. The SMILES string of the molecule is Cc1cc(O)c(C(=O)N2CCC3(CCC3)C2)c(F)c1. The molecule has 4 heteroatoms. The highest BCUT2D eigenvalue weighted by molar-refractivity contribution is 5.97. The lowest BCUT2D eigenvalue weighted by Gasteiger charge is -2.38. The average Bonchev–Trinajstić information content (AvgIpc) is 2.71. The molecule has 2 aliphatic rings. The number of aromatic hydroxyl groups is 1. The lowest BCUT2D eigenvalue weighted by Crippen LogP contribution is -2.36. The first-order chi connectivity index (χ1) is 9.01. The van der Waals surface area contributed by atoms with Crippen molar-refractivity contribution < 1.29 is 14.3 Å². The number of benzene rings is 1. The second-order valence-electron chi connectivity index (χ2n) is 5.97. The van der Waals surface area contributed by atoms with Gasteiger partial charge in [0, 0.05) is 13.1 Å². The van der Waals surface area contributed by atoms with Gasteiger partial charge in [-0.15, -0.1) is 0 Å². The van der Waals surface area contributed by atoms with E-state index in [1.165, 1.54) is 31.4 Å². The lowest BCUT2D eigenvalue weighted by molar-refractivity contribution is 0.0724. The number of nitrogens with zero attached hydrogens (tertiary/aromatic N) is 1. The summed E-state index contributed by atoms with van der Waals surface area (Å²) in [6.07, 6.45) is 4.57. The van der Waals surface area contributed by atoms with Gasteiger partial charge in [-0.1, -0.05) is 6.42 Å². The molecule has 0 radical (unpaired) electrons. The Kier molecular flexibility index (Phi) is 2.77. The molecule has 1 amide bonds. The van der Waals surface area contributed by atoms with E-state index in [-0.39, 0.29) is 22.6 Å². The maximum absolute atomic E-state index is 13.9. The van der Waals surface area contributed by atoms with E-state index in [9.17, 15) is 14.3 Å². The number of amides is 1. The van der Waals surface area contributed by atoms with Crippen LogP contribution < -0.4 is 0 Å². The van der Waals surface area contributed by atoms with Gasteiger partial charge in [-0.3, -0.25) is 4.79 Å². The lowest BCUT2D eigenvalue weighted by atomic mass is 9.68. The van der Waals surface area contributed by atoms with E-state index < -0.39 is 5.82 Å². The predicted molar refractivity (Wildman–Crippen MR) is 69.6 cm³/mol. The summed E-state index contributed by atoms with van der Waals surface area (Å²) in [5.41, 5.74) is 0.720. The number of halogens is 1. The monoisotopic (exact) mass is 263 g/mol. The van der Waals surface area contributed by atoms with Crippen molar-refractivity contribution in [2.24, 2.45) is 5.41 Å². The van der Waals surface area contributed by atoms with Crippen LogP contribution in [0.2, 0.25) is 0 Å². The molecule has 0 aromatic heterocycles. The highest BCUT2D eigenvalue weighted by atomic mass is 19.1. The van der Waals surface area contributed by atoms with Gasteiger partial charge in [0.25, 0.3) is 5.91 Å². The molecule has 1 saturated carbocycles. The number of phenols is 1. The molecular formula is C15H18FNO2. The minimum Gasteiger partial charge on any atom is -0.507 e. The Morgan fingerprint density at radius 2 is 2.11 bits per heavy atom. The molecule has 1 heterocycles. The fraction of sp³-hybridized carbons (Fsp3) is 0.533. The summed E-state index contributed by atoms with van der Waals surface area (Å²) in [5, 5.41) is 9.82. The van der Waals surface area contributed by atoms with Crippen LogP contribution in [0.25, 0.3) is 0 Å². The number of hydrogen-bond donors (Lipinski definition) is 1. The van der Waals surface area contributed by atoms with Gasteiger partial charge in [-0.25, -0.2) is 4.39 Å². The molecule has 19 heavy (non-hydrogen) atoms. The average molecular weight is 263 g/mol. The largest absolute Gasteiger partial charge is 0.507 e. The number of aryl methyl sites for hydroxylation is 1. The summed E-state index contributed by atoms with van der Waals surface area (Å²) < 4.78 is 13.9. The smallest absolute Gasteiger partial charge is 0.260 e. The van der Waals surface area contributed by atoms with Crippen molar-refractivity contribution in [1.29, 1.82) is 0 Å². The number of carbonyl (C=O) groups is 1. The van der Waals surface area contributed by atoms with Crippen LogP contribution in [0.15, 0.2) is 12.1 Å². The third kappa shape index (κ3) is 1.99. The molecule has 0 atom stereocenters. The zero-order valence-electron chi connectivity index (χ0n) is 11.1. The van der Waals surface area contributed by atoms with Gasteiger partial charge < -0.3 is 10.0 Å². The minimum absolute atomic E-state index is 0.179. The summed E-state index contributed by atoms with van der Waals surface area (Å²) in [6.45, 7) is 3.07. The van der Waals surface area contributed by atoms with Crippen molar-refractivity contribution >= 4 is 5.91 Å². The zero-order chi connectivity index (χ0) is 13.6. The molecule has 3 nitrogen and oxygen atoms in total. The van der Waals surface area contributed by atoms with E-state index in [1.54, 1.807) is 11.8 Å². The van der Waals surface area contributed by atoms with Gasteiger partial charge in [-0.05, 0) is 49.3 Å². The maximum atomic E-state index is 13.9. The first-order valence-corrected chi connectivity index (χ1v) is 6.79. The molecule has 0 bridgehead atoms. The van der Waals surface area contributed by atoms with Crippen LogP contribution in [-0.2, 0) is 0 Å². The number of rotatable bonds is 1. The molecule has 1 aliphatic heterocycles. The summed E-state index contributed by atoms with van der Waals surface area (Å²) in [5.74, 6) is -1.26. The molecule has 1 N–H and O–H groups in total. The van der Waals surface area contributed by atoms with Gasteiger partial charge >= 0.3 is 0 Å². The van der Waals surface area contributed by atoms with Gasteiger partial charge in [0.1, 0.15) is 17.1 Å². The van der Waals surface area contributed by atoms with Gasteiger partial charge in [0.2, 0.25) is 0 Å². The molecule has 1 saturated heterocycles. The van der Waals surface area contributed by atoms with E-state index in [0.717, 1.165) is 6.42 Å². The summed E-state index contributed by atoms with van der Waals surface area (Å²) >= 11 is 0. The van der Waals surface area contributed by atoms with Crippen molar-refractivity contribution in [3.05, 3.63) is 29.1 Å². The fourth-order valence-electron chi connectivity index (χ4n) is 3.29. The first kappa shape index (κ1) is 12.5. The topological polar surface area (TPSA) is 40.5 Å². The molecule has 3 rings (SSSR count). The van der Waals surface area contributed by atoms with E-state index in [2.05, 4.69) is 0 Å². The van der Waals surface area contributed by atoms with Gasteiger partial charge in [-0.2, -0.15) is 0 Å². The second kappa shape index (κ2) is 4.22. The molecule has 1 aromatic carbocycles. The van der Waals surface area contributed by atoms with Crippen LogP contribution in [0.1, 0.15) is 41.6 Å². The highest BCUT2D eigenvalue weighted by Crippen LogP contribution is 2.48. The fourth-order valence-corrected chi connectivity index (χ4v) is 3.29. The Balaban J connectivity index is 1.85. The molecule has 102 valence electrons. The van der Waals surface area contributed by atoms with Crippen LogP contribution in [-0.4, -0.2) is 29.0 Å². The Morgan fingerprint density at radius 3 is 2.63 bits per heavy atom. The quantitative estimate of drug-likeness (QED) is 0.846. The van der Waals surface area contributed by atoms with Crippen LogP contribution in [0, 0.1) is 18.2 Å². The number of carbonyl (C=O) groups excluding carboxylic acids is 1. The Morgan fingerprint density at radius 1 is 1.37 bits per heavy atom. The van der Waals surface area contributed by atoms with Crippen LogP contribution in [0.4, 0.5) is 4.39 Å². The highest BCUT2D eigenvalue weighted by Gasteiger charge is 2.44. The molecule has 1 aliphatic carbocycles. The normalized spacial score (nSPS) is 20.6. The van der Waals surface area contributed by atoms with Crippen molar-refractivity contribution in [2.75, 3.05) is 13.1 Å². The summed E-state index contributed by atoms with van der Waals surface area (Å²) in [4.78, 5) is 14.0. The Labute approximate surface area is 112 Å². The second-order valence-corrected chi connectivity index (χ2v) is 5.97. The van der Waals surface area contributed by atoms with Gasteiger partial charge in [0.15, 0.2) is 0 Å². The number of hydrogen-bond acceptors (Lipinski definition) is 2. The van der Waals surface area contributed by atoms with E-state index in [4.69, 9.17) is 0 Å². The summed E-state index contributed by atoms with van der Waals surface area (Å²) in [7, 11) is 0. The van der Waals surface area contributed by atoms with E-state index in [1.807, 2.05) is 0 Å². The standard InChI is InChI=1S/C15H18FNO2/c1-10-7-11(16)13(12(18)8-10)14(19)17-6-5-15(9-17)3-2-4-15/h7-8,18H,2-6,9H2,1H3. The van der Waals surface area contributed by atoms with Crippen molar-refractivity contribution in [1.82, 2.24) is 4.90 Å². The molecule has 0 unspecified atom stereocenters. The Bertz CT molecular complexity index is 514. The Hall–Kier alpha value is -1.58. The third-order valence-corrected chi connectivity index (χ3v) is 4.57. The van der Waals surface area contributed by atoms with Crippen LogP contribution in [0.3, 0.4) is 0 Å². The van der Waals surface area contributed by atoms with Gasteiger partial charge in [0.05, 0.1) is 0 Å². The minimum atomic E-state index is -0.628. The summed E-state index contributed by atoms with van der Waals surface area (Å²) in [6, 6.07) is 2.73. The van der Waals surface area contributed by atoms with Crippen molar-refractivity contribution in [3.63, 3.8) is 0 Å². The predicted octanol–water partition coefficient (Wildman–Crippen LogP) is 2.86. The number of phenolic OH excluding ortho intramolecular Hbond substituents is 1. The van der Waals surface area contributed by atoms with Crippen molar-refractivity contribution in [3.8, 4) is 5.75 Å². The van der Waals surface area contributed by atoms with E-state index in [0.29, 0.717) is 18.7 Å².